The maximum Gasteiger partial charge on any atom is 0.328 e. The SMILES string of the molecule is COC(=O)C(Cl)c1ccc(F)c(Br)c1. The van der Waals surface area contributed by atoms with Crippen molar-refractivity contribution in [3.05, 3.63) is 34.1 Å². The Hall–Kier alpha value is -0.610. The molecule has 0 aliphatic carbocycles. The second kappa shape index (κ2) is 4.75. The Bertz CT molecular complexity index is 357. The third-order valence-corrected chi connectivity index (χ3v) is 2.68. The smallest absolute Gasteiger partial charge is 0.328 e. The molecule has 2 nitrogen and oxygen atoms in total. The van der Waals surface area contributed by atoms with Crippen LogP contribution in [0.15, 0.2) is 22.7 Å². The third-order valence-electron chi connectivity index (χ3n) is 1.64. The van der Waals surface area contributed by atoms with Gasteiger partial charge in [0.2, 0.25) is 0 Å². The summed E-state index contributed by atoms with van der Waals surface area (Å²) in [6.45, 7) is 0. The number of carbonyl (C=O) groups excluding carboxylic acids is 1. The van der Waals surface area contributed by atoms with E-state index in [0.29, 0.717) is 5.56 Å². The predicted octanol–water partition coefficient (Wildman–Crippen LogP) is 3.04. The van der Waals surface area contributed by atoms with Crippen LogP contribution in [0.25, 0.3) is 0 Å². The summed E-state index contributed by atoms with van der Waals surface area (Å²) in [5.74, 6) is -0.965. The molecule has 0 fully saturated rings. The van der Waals surface area contributed by atoms with Crippen LogP contribution in [0.4, 0.5) is 4.39 Å². The van der Waals surface area contributed by atoms with Gasteiger partial charge >= 0.3 is 5.97 Å². The molecule has 0 aliphatic heterocycles. The zero-order chi connectivity index (χ0) is 10.7. The highest BCUT2D eigenvalue weighted by Crippen LogP contribution is 2.26. The predicted molar refractivity (Wildman–Crippen MR) is 54.7 cm³/mol. The number of rotatable bonds is 2. The lowest BCUT2D eigenvalue weighted by Gasteiger charge is -2.07. The normalized spacial score (nSPS) is 12.3. The summed E-state index contributed by atoms with van der Waals surface area (Å²) in [4.78, 5) is 11.0. The summed E-state index contributed by atoms with van der Waals surface area (Å²) in [7, 11) is 1.25. The second-order valence-corrected chi connectivity index (χ2v) is 3.85. The number of hydrogen-bond donors (Lipinski definition) is 0. The van der Waals surface area contributed by atoms with Crippen molar-refractivity contribution in [3.8, 4) is 0 Å². The molecule has 1 atom stereocenters. The molecule has 1 rings (SSSR count). The molecular weight excluding hydrogens is 274 g/mol. The standard InChI is InChI=1S/C9H7BrClFO2/c1-14-9(13)8(11)5-2-3-7(12)6(10)4-5/h2-4,8H,1H3. The molecule has 0 saturated heterocycles. The van der Waals surface area contributed by atoms with Gasteiger partial charge in [0.25, 0.3) is 0 Å². The first kappa shape index (κ1) is 11.5. The fourth-order valence-corrected chi connectivity index (χ4v) is 1.53. The lowest BCUT2D eigenvalue weighted by Crippen LogP contribution is -2.08. The first-order valence-electron chi connectivity index (χ1n) is 3.73. The van der Waals surface area contributed by atoms with Gasteiger partial charge in [0, 0.05) is 0 Å². The Labute approximate surface area is 94.1 Å². The van der Waals surface area contributed by atoms with E-state index in [0.717, 1.165) is 0 Å². The van der Waals surface area contributed by atoms with E-state index in [1.54, 1.807) is 0 Å². The number of ether oxygens (including phenoxy) is 1. The highest BCUT2D eigenvalue weighted by atomic mass is 79.9. The molecule has 0 amide bonds. The van der Waals surface area contributed by atoms with Gasteiger partial charge in [-0.25, -0.2) is 4.39 Å². The van der Waals surface area contributed by atoms with E-state index in [-0.39, 0.29) is 4.47 Å². The molecule has 0 aliphatic rings. The first-order valence-corrected chi connectivity index (χ1v) is 4.96. The maximum absolute atomic E-state index is 12.8. The van der Waals surface area contributed by atoms with Crippen LogP contribution in [-0.2, 0) is 9.53 Å². The van der Waals surface area contributed by atoms with Crippen LogP contribution >= 0.6 is 27.5 Å². The molecule has 0 N–H and O–H groups in total. The minimum Gasteiger partial charge on any atom is -0.468 e. The fourth-order valence-electron chi connectivity index (χ4n) is 0.910. The molecule has 5 heteroatoms. The van der Waals surface area contributed by atoms with E-state index >= 15 is 0 Å². The summed E-state index contributed by atoms with van der Waals surface area (Å²) in [5.41, 5.74) is 0.492. The van der Waals surface area contributed by atoms with Gasteiger partial charge in [0.1, 0.15) is 5.82 Å². The molecule has 0 bridgehead atoms. The van der Waals surface area contributed by atoms with Gasteiger partial charge in [0.15, 0.2) is 5.38 Å². The van der Waals surface area contributed by atoms with Gasteiger partial charge < -0.3 is 4.74 Å². The van der Waals surface area contributed by atoms with Crippen molar-refractivity contribution in [2.45, 2.75) is 5.38 Å². The Balaban J connectivity index is 2.96. The van der Waals surface area contributed by atoms with Crippen LogP contribution in [0.3, 0.4) is 0 Å². The zero-order valence-electron chi connectivity index (χ0n) is 7.26. The van der Waals surface area contributed by atoms with Crippen LogP contribution in [0.2, 0.25) is 0 Å². The highest BCUT2D eigenvalue weighted by molar-refractivity contribution is 9.10. The van der Waals surface area contributed by atoms with Crippen molar-refractivity contribution in [2.75, 3.05) is 7.11 Å². The van der Waals surface area contributed by atoms with E-state index in [4.69, 9.17) is 11.6 Å². The number of halogens is 3. The van der Waals surface area contributed by atoms with E-state index in [1.807, 2.05) is 0 Å². The molecule has 14 heavy (non-hydrogen) atoms. The quantitative estimate of drug-likeness (QED) is 0.615. The summed E-state index contributed by atoms with van der Waals surface area (Å²) in [6, 6.07) is 4.12. The average Bonchev–Trinajstić information content (AvgIpc) is 2.20. The third kappa shape index (κ3) is 2.45. The van der Waals surface area contributed by atoms with E-state index in [1.165, 1.54) is 25.3 Å². The van der Waals surface area contributed by atoms with Crippen molar-refractivity contribution in [1.29, 1.82) is 0 Å². The number of carbonyl (C=O) groups is 1. The molecule has 76 valence electrons. The summed E-state index contributed by atoms with van der Waals surface area (Å²) in [6.07, 6.45) is 0. The molecular formula is C9H7BrClFO2. The Morgan fingerprint density at radius 1 is 1.64 bits per heavy atom. The van der Waals surface area contributed by atoms with Crippen LogP contribution in [-0.4, -0.2) is 13.1 Å². The fraction of sp³-hybridized carbons (Fsp3) is 0.222. The molecule has 1 unspecified atom stereocenters. The highest BCUT2D eigenvalue weighted by Gasteiger charge is 2.18. The van der Waals surface area contributed by atoms with Crippen LogP contribution in [0.5, 0.6) is 0 Å². The van der Waals surface area contributed by atoms with Crippen LogP contribution < -0.4 is 0 Å². The lowest BCUT2D eigenvalue weighted by atomic mass is 10.1. The van der Waals surface area contributed by atoms with Crippen molar-refractivity contribution in [3.63, 3.8) is 0 Å². The van der Waals surface area contributed by atoms with Crippen LogP contribution in [0.1, 0.15) is 10.9 Å². The molecule has 0 aromatic heterocycles. The van der Waals surface area contributed by atoms with Crippen LogP contribution in [0, 0.1) is 5.82 Å². The number of methoxy groups -OCH3 is 1. The maximum atomic E-state index is 12.8. The van der Waals surface area contributed by atoms with E-state index < -0.39 is 17.2 Å². The monoisotopic (exact) mass is 280 g/mol. The molecule has 0 radical (unpaired) electrons. The van der Waals surface area contributed by atoms with E-state index in [2.05, 4.69) is 20.7 Å². The van der Waals surface area contributed by atoms with Crippen molar-refractivity contribution >= 4 is 33.5 Å². The largest absolute Gasteiger partial charge is 0.468 e. The molecule has 1 aromatic rings. The van der Waals surface area contributed by atoms with Crippen molar-refractivity contribution in [2.24, 2.45) is 0 Å². The number of hydrogen-bond acceptors (Lipinski definition) is 2. The van der Waals surface area contributed by atoms with E-state index in [9.17, 15) is 9.18 Å². The molecule has 0 saturated carbocycles. The molecule has 0 heterocycles. The minimum absolute atomic E-state index is 0.268. The lowest BCUT2D eigenvalue weighted by molar-refractivity contribution is -0.140. The van der Waals surface area contributed by atoms with Gasteiger partial charge in [-0.3, -0.25) is 4.79 Å². The van der Waals surface area contributed by atoms with Gasteiger partial charge in [-0.2, -0.15) is 0 Å². The van der Waals surface area contributed by atoms with Gasteiger partial charge in [-0.1, -0.05) is 6.07 Å². The van der Waals surface area contributed by atoms with Crippen molar-refractivity contribution < 1.29 is 13.9 Å². The summed E-state index contributed by atoms with van der Waals surface area (Å²) < 4.78 is 17.6. The minimum atomic E-state index is -0.906. The Morgan fingerprint density at radius 2 is 2.29 bits per heavy atom. The van der Waals surface area contributed by atoms with Gasteiger partial charge in [-0.15, -0.1) is 11.6 Å². The topological polar surface area (TPSA) is 26.3 Å². The summed E-state index contributed by atoms with van der Waals surface area (Å²) >= 11 is 8.76. The summed E-state index contributed by atoms with van der Waals surface area (Å²) in [5, 5.41) is -0.906. The second-order valence-electron chi connectivity index (χ2n) is 2.56. The average molecular weight is 282 g/mol. The Kier molecular flexibility index (Phi) is 3.89. The van der Waals surface area contributed by atoms with Gasteiger partial charge in [-0.05, 0) is 33.6 Å². The molecule has 0 spiro atoms. The Morgan fingerprint density at radius 3 is 2.79 bits per heavy atom. The number of alkyl halides is 1. The number of benzene rings is 1. The zero-order valence-corrected chi connectivity index (χ0v) is 9.60. The first-order chi connectivity index (χ1) is 6.56. The number of esters is 1. The van der Waals surface area contributed by atoms with Crippen molar-refractivity contribution in [1.82, 2.24) is 0 Å². The molecule has 1 aromatic carbocycles. The van der Waals surface area contributed by atoms with Gasteiger partial charge in [0.05, 0.1) is 11.6 Å².